The predicted molar refractivity (Wildman–Crippen MR) is 77.8 cm³/mol. The Labute approximate surface area is 118 Å². The van der Waals surface area contributed by atoms with Crippen LogP contribution in [0.2, 0.25) is 0 Å². The van der Waals surface area contributed by atoms with Crippen molar-refractivity contribution in [3.63, 3.8) is 0 Å². The lowest BCUT2D eigenvalue weighted by Crippen LogP contribution is -2.47. The molecule has 1 fully saturated rings. The molecule has 1 N–H and O–H groups in total. The van der Waals surface area contributed by atoms with E-state index in [4.69, 9.17) is 5.11 Å². The second-order valence-corrected chi connectivity index (χ2v) is 5.37. The molecule has 1 aliphatic heterocycles. The molecule has 5 heteroatoms. The van der Waals surface area contributed by atoms with Crippen molar-refractivity contribution < 1.29 is 9.90 Å². The summed E-state index contributed by atoms with van der Waals surface area (Å²) in [5.41, 5.74) is 2.52. The number of benzene rings is 1. The highest BCUT2D eigenvalue weighted by molar-refractivity contribution is 5.80. The minimum atomic E-state index is -0.810. The van der Waals surface area contributed by atoms with Gasteiger partial charge in [0.15, 0.2) is 0 Å². The number of aryl methyl sites for hydroxylation is 1. The lowest BCUT2D eigenvalue weighted by atomic mass is 10.1. The minimum Gasteiger partial charge on any atom is -0.465 e. The maximum absolute atomic E-state index is 10.9. The quantitative estimate of drug-likeness (QED) is 0.910. The van der Waals surface area contributed by atoms with Crippen molar-refractivity contribution in [2.75, 3.05) is 26.2 Å². The van der Waals surface area contributed by atoms with E-state index in [-0.39, 0.29) is 0 Å². The largest absolute Gasteiger partial charge is 0.465 e. The van der Waals surface area contributed by atoms with Crippen molar-refractivity contribution in [2.24, 2.45) is 7.05 Å². The fourth-order valence-corrected chi connectivity index (χ4v) is 2.78. The molecule has 1 amide bonds. The van der Waals surface area contributed by atoms with Gasteiger partial charge in [0.05, 0.1) is 0 Å². The molecule has 0 spiro atoms. The van der Waals surface area contributed by atoms with Crippen LogP contribution in [0.25, 0.3) is 10.9 Å². The number of aromatic nitrogens is 1. The van der Waals surface area contributed by atoms with Crippen LogP contribution in [-0.4, -0.2) is 51.7 Å². The highest BCUT2D eigenvalue weighted by Crippen LogP contribution is 2.18. The molecular weight excluding hydrogens is 254 g/mol. The molecular formula is C15H19N3O2. The molecule has 2 heterocycles. The van der Waals surface area contributed by atoms with Crippen LogP contribution in [0.3, 0.4) is 0 Å². The molecule has 0 unspecified atom stereocenters. The van der Waals surface area contributed by atoms with Gasteiger partial charge in [-0.15, -0.1) is 0 Å². The first-order valence-corrected chi connectivity index (χ1v) is 6.88. The van der Waals surface area contributed by atoms with Crippen molar-refractivity contribution in [1.82, 2.24) is 14.4 Å². The van der Waals surface area contributed by atoms with Crippen LogP contribution in [0.4, 0.5) is 4.79 Å². The summed E-state index contributed by atoms with van der Waals surface area (Å²) in [6.45, 7) is 3.70. The lowest BCUT2D eigenvalue weighted by Gasteiger charge is -2.33. The van der Waals surface area contributed by atoms with E-state index in [1.807, 2.05) is 7.05 Å². The van der Waals surface area contributed by atoms with Crippen molar-refractivity contribution in [3.8, 4) is 0 Å². The second kappa shape index (κ2) is 5.17. The number of fused-ring (bicyclic) bond motifs is 1. The Balaban J connectivity index is 1.66. The summed E-state index contributed by atoms with van der Waals surface area (Å²) in [5.74, 6) is 0. The molecule has 1 aromatic heterocycles. The predicted octanol–water partition coefficient (Wildman–Crippen LogP) is 1.97. The van der Waals surface area contributed by atoms with Gasteiger partial charge in [0.1, 0.15) is 0 Å². The summed E-state index contributed by atoms with van der Waals surface area (Å²) >= 11 is 0. The summed E-state index contributed by atoms with van der Waals surface area (Å²) in [7, 11) is 2.05. The van der Waals surface area contributed by atoms with Crippen molar-refractivity contribution >= 4 is 17.0 Å². The summed E-state index contributed by atoms with van der Waals surface area (Å²) in [4.78, 5) is 14.7. The van der Waals surface area contributed by atoms with Gasteiger partial charge in [0.25, 0.3) is 0 Å². The lowest BCUT2D eigenvalue weighted by molar-refractivity contribution is 0.103. The number of amides is 1. The fraction of sp³-hybridized carbons (Fsp3) is 0.400. The van der Waals surface area contributed by atoms with Gasteiger partial charge < -0.3 is 14.6 Å². The van der Waals surface area contributed by atoms with Gasteiger partial charge in [-0.2, -0.15) is 0 Å². The molecule has 2 aromatic rings. The van der Waals surface area contributed by atoms with Crippen LogP contribution >= 0.6 is 0 Å². The summed E-state index contributed by atoms with van der Waals surface area (Å²) in [5, 5.41) is 10.2. The standard InChI is InChI=1S/C15H19N3O2/c1-16-5-4-13-10-12(2-3-14(13)16)11-17-6-8-18(9-7-17)15(19)20/h2-5,10H,6-9,11H2,1H3,(H,19,20). The number of carbonyl (C=O) groups is 1. The van der Waals surface area contributed by atoms with E-state index in [1.165, 1.54) is 21.4 Å². The Morgan fingerprint density at radius 1 is 1.20 bits per heavy atom. The fourth-order valence-electron chi connectivity index (χ4n) is 2.78. The average molecular weight is 273 g/mol. The topological polar surface area (TPSA) is 48.7 Å². The molecule has 0 bridgehead atoms. The SMILES string of the molecule is Cn1ccc2cc(CN3CCN(C(=O)O)CC3)ccc21. The molecule has 1 aliphatic rings. The molecule has 3 rings (SSSR count). The molecule has 20 heavy (non-hydrogen) atoms. The van der Waals surface area contributed by atoms with E-state index < -0.39 is 6.09 Å². The first kappa shape index (κ1) is 13.0. The zero-order valence-corrected chi connectivity index (χ0v) is 11.6. The molecule has 5 nitrogen and oxygen atoms in total. The molecule has 1 saturated heterocycles. The first-order chi connectivity index (χ1) is 9.63. The Morgan fingerprint density at radius 2 is 1.95 bits per heavy atom. The van der Waals surface area contributed by atoms with Crippen LogP contribution in [-0.2, 0) is 13.6 Å². The molecule has 0 atom stereocenters. The third-order valence-corrected chi connectivity index (χ3v) is 4.00. The van der Waals surface area contributed by atoms with Gasteiger partial charge in [-0.1, -0.05) is 6.07 Å². The van der Waals surface area contributed by atoms with E-state index in [9.17, 15) is 4.79 Å². The number of carboxylic acid groups (broad SMARTS) is 1. The maximum Gasteiger partial charge on any atom is 0.407 e. The number of piperazine rings is 1. The smallest absolute Gasteiger partial charge is 0.407 e. The van der Waals surface area contributed by atoms with E-state index in [0.29, 0.717) is 13.1 Å². The third kappa shape index (κ3) is 2.49. The minimum absolute atomic E-state index is 0.600. The van der Waals surface area contributed by atoms with Crippen LogP contribution in [0.1, 0.15) is 5.56 Å². The summed E-state index contributed by atoms with van der Waals surface area (Å²) in [6, 6.07) is 8.66. The van der Waals surface area contributed by atoms with Gasteiger partial charge in [-0.05, 0) is 29.1 Å². The Hall–Kier alpha value is -2.01. The van der Waals surface area contributed by atoms with Crippen LogP contribution in [0, 0.1) is 0 Å². The zero-order chi connectivity index (χ0) is 14.1. The summed E-state index contributed by atoms with van der Waals surface area (Å²) < 4.78 is 2.12. The van der Waals surface area contributed by atoms with Crippen LogP contribution < -0.4 is 0 Å². The monoisotopic (exact) mass is 273 g/mol. The van der Waals surface area contributed by atoms with Gasteiger partial charge in [-0.25, -0.2) is 4.79 Å². The number of hydrogen-bond donors (Lipinski definition) is 1. The zero-order valence-electron chi connectivity index (χ0n) is 11.6. The average Bonchev–Trinajstić information content (AvgIpc) is 2.81. The first-order valence-electron chi connectivity index (χ1n) is 6.88. The highest BCUT2D eigenvalue weighted by Gasteiger charge is 2.20. The molecule has 0 saturated carbocycles. The van der Waals surface area contributed by atoms with E-state index in [2.05, 4.69) is 39.9 Å². The normalized spacial score (nSPS) is 16.8. The highest BCUT2D eigenvalue weighted by atomic mass is 16.4. The molecule has 1 aromatic carbocycles. The Morgan fingerprint density at radius 3 is 2.65 bits per heavy atom. The summed E-state index contributed by atoms with van der Waals surface area (Å²) in [6.07, 6.45) is 1.26. The molecule has 0 aliphatic carbocycles. The maximum atomic E-state index is 10.9. The van der Waals surface area contributed by atoms with Gasteiger partial charge in [-0.3, -0.25) is 4.90 Å². The molecule has 0 radical (unpaired) electrons. The van der Waals surface area contributed by atoms with E-state index in [0.717, 1.165) is 19.6 Å². The van der Waals surface area contributed by atoms with Gasteiger partial charge >= 0.3 is 6.09 Å². The van der Waals surface area contributed by atoms with E-state index >= 15 is 0 Å². The van der Waals surface area contributed by atoms with Crippen molar-refractivity contribution in [3.05, 3.63) is 36.0 Å². The van der Waals surface area contributed by atoms with E-state index in [1.54, 1.807) is 0 Å². The molecule has 106 valence electrons. The van der Waals surface area contributed by atoms with Gasteiger partial charge in [0, 0.05) is 51.5 Å². The number of hydrogen-bond acceptors (Lipinski definition) is 2. The second-order valence-electron chi connectivity index (χ2n) is 5.37. The van der Waals surface area contributed by atoms with Crippen LogP contribution in [0.5, 0.6) is 0 Å². The van der Waals surface area contributed by atoms with Gasteiger partial charge in [0.2, 0.25) is 0 Å². The van der Waals surface area contributed by atoms with Crippen molar-refractivity contribution in [1.29, 1.82) is 0 Å². The third-order valence-electron chi connectivity index (χ3n) is 4.00. The number of nitrogens with zero attached hydrogens (tertiary/aromatic N) is 3. The van der Waals surface area contributed by atoms with Crippen LogP contribution in [0.15, 0.2) is 30.5 Å². The number of rotatable bonds is 2. The van der Waals surface area contributed by atoms with Crippen molar-refractivity contribution in [2.45, 2.75) is 6.54 Å². The Bertz CT molecular complexity index is 627. The Kier molecular flexibility index (Phi) is 3.36.